The summed E-state index contributed by atoms with van der Waals surface area (Å²) in [6.07, 6.45) is 16.2. The fraction of sp³-hybridized carbons (Fsp3) is 0.522. The van der Waals surface area contributed by atoms with Crippen LogP contribution in [0, 0.1) is 0 Å². The Labute approximate surface area is 182 Å². The summed E-state index contributed by atoms with van der Waals surface area (Å²) in [5.74, 6) is 1.26. The number of aryl methyl sites for hydroxylation is 1. The van der Waals surface area contributed by atoms with Crippen LogP contribution in [0.2, 0.25) is 0 Å². The summed E-state index contributed by atoms with van der Waals surface area (Å²) in [4.78, 5) is 15.9. The van der Waals surface area contributed by atoms with Crippen LogP contribution in [0.1, 0.15) is 51.4 Å². The van der Waals surface area contributed by atoms with Crippen molar-refractivity contribution in [1.82, 2.24) is 4.98 Å². The zero-order chi connectivity index (χ0) is 20.2. The van der Waals surface area contributed by atoms with Crippen LogP contribution in [-0.2, 0) is 16.1 Å². The lowest BCUT2D eigenvalue weighted by molar-refractivity contribution is -0.697. The van der Waals surface area contributed by atoms with Crippen molar-refractivity contribution in [3.8, 4) is 11.1 Å². The van der Waals surface area contributed by atoms with Gasteiger partial charge in [-0.25, -0.2) is 4.57 Å². The molecule has 0 N–H and O–H groups in total. The second kappa shape index (κ2) is 12.9. The van der Waals surface area contributed by atoms with Crippen LogP contribution in [0.3, 0.4) is 0 Å². The van der Waals surface area contributed by atoms with Crippen molar-refractivity contribution in [2.24, 2.45) is 0 Å². The monoisotopic (exact) mass is 431 g/mol. The largest absolute Gasteiger partial charge is 0.466 e. The molecule has 0 amide bonds. The third kappa shape index (κ3) is 8.39. The number of esters is 1. The van der Waals surface area contributed by atoms with Gasteiger partial charge in [0.25, 0.3) is 0 Å². The molecule has 0 aromatic carbocycles. The smallest absolute Gasteiger partial charge is 0.305 e. The van der Waals surface area contributed by atoms with Gasteiger partial charge in [-0.1, -0.05) is 28.0 Å². The van der Waals surface area contributed by atoms with Crippen molar-refractivity contribution in [3.05, 3.63) is 49.1 Å². The summed E-state index contributed by atoms with van der Waals surface area (Å²) >= 11 is 0. The normalized spacial score (nSPS) is 16.1. The van der Waals surface area contributed by atoms with Crippen LogP contribution in [0.4, 0.5) is 0 Å². The summed E-state index contributed by atoms with van der Waals surface area (Å²) in [5.41, 5.74) is 2.39. The van der Waals surface area contributed by atoms with E-state index in [-0.39, 0.29) is 5.97 Å². The molecule has 1 unspecified atom stereocenters. The van der Waals surface area contributed by atoms with Gasteiger partial charge in [0.2, 0.25) is 0 Å². The number of carbonyl (C=O) groups excluding carboxylic acids is 1. The maximum atomic E-state index is 11.8. The first-order chi connectivity index (χ1) is 14.3. The summed E-state index contributed by atoms with van der Waals surface area (Å²) in [5, 5.41) is 0.806. The Morgan fingerprint density at radius 3 is 2.59 bits per heavy atom. The number of nitrogens with zero attached hydrogens (tertiary/aromatic N) is 2. The Hall–Kier alpha value is -1.53. The highest BCUT2D eigenvalue weighted by Gasteiger charge is 2.15. The first-order valence-corrected chi connectivity index (χ1v) is 13.0. The van der Waals surface area contributed by atoms with E-state index in [0.717, 1.165) is 43.9 Å². The van der Waals surface area contributed by atoms with Gasteiger partial charge in [-0.05, 0) is 55.4 Å². The third-order valence-corrected chi connectivity index (χ3v) is 8.12. The highest BCUT2D eigenvalue weighted by atomic mass is 33.1. The van der Waals surface area contributed by atoms with Crippen molar-refractivity contribution in [3.63, 3.8) is 0 Å². The van der Waals surface area contributed by atoms with Crippen molar-refractivity contribution in [2.75, 3.05) is 12.4 Å². The zero-order valence-corrected chi connectivity index (χ0v) is 18.6. The van der Waals surface area contributed by atoms with Gasteiger partial charge >= 0.3 is 5.97 Å². The van der Waals surface area contributed by atoms with E-state index in [2.05, 4.69) is 34.1 Å². The van der Waals surface area contributed by atoms with E-state index in [1.54, 1.807) is 0 Å². The number of rotatable bonds is 12. The van der Waals surface area contributed by atoms with Crippen molar-refractivity contribution in [1.29, 1.82) is 0 Å². The van der Waals surface area contributed by atoms with E-state index in [1.165, 1.54) is 29.7 Å². The van der Waals surface area contributed by atoms with Crippen LogP contribution >= 0.6 is 21.6 Å². The second-order valence-electron chi connectivity index (χ2n) is 7.42. The molecule has 0 aliphatic carbocycles. The van der Waals surface area contributed by atoms with Crippen molar-refractivity contribution in [2.45, 2.75) is 63.2 Å². The highest BCUT2D eigenvalue weighted by molar-refractivity contribution is 8.77. The first kappa shape index (κ1) is 22.2. The molecule has 4 nitrogen and oxygen atoms in total. The van der Waals surface area contributed by atoms with E-state index in [0.29, 0.717) is 13.0 Å². The number of ether oxygens (including phenoxy) is 1. The Balaban J connectivity index is 1.19. The molecule has 0 bridgehead atoms. The molecule has 1 fully saturated rings. The minimum atomic E-state index is -0.0282. The van der Waals surface area contributed by atoms with Gasteiger partial charge in [0.15, 0.2) is 12.4 Å². The lowest BCUT2D eigenvalue weighted by Crippen LogP contribution is -2.32. The fourth-order valence-electron chi connectivity index (χ4n) is 3.38. The standard InChI is InChI=1S/C23H31N2O2S2/c26-23(7-3-2-6-22-12-19-28-29-22)27-18-5-1-4-15-25-16-10-21(11-17-25)20-8-13-24-14-9-20/h8-11,13-14,16-17,22H,1-7,12,15,18-19H2/q+1. The maximum absolute atomic E-state index is 11.8. The third-order valence-electron chi connectivity index (χ3n) is 5.11. The molecular formula is C23H31N2O2S2+. The van der Waals surface area contributed by atoms with Crippen LogP contribution in [0.25, 0.3) is 11.1 Å². The highest BCUT2D eigenvalue weighted by Crippen LogP contribution is 2.39. The van der Waals surface area contributed by atoms with Crippen molar-refractivity contribution < 1.29 is 14.1 Å². The van der Waals surface area contributed by atoms with Crippen LogP contribution < -0.4 is 4.57 Å². The molecule has 1 aliphatic heterocycles. The molecule has 3 heterocycles. The number of unbranched alkanes of at least 4 members (excludes halogenated alkanes) is 3. The number of carbonyl (C=O) groups is 1. The van der Waals surface area contributed by atoms with E-state index < -0.39 is 0 Å². The van der Waals surface area contributed by atoms with Crippen LogP contribution in [0.15, 0.2) is 49.1 Å². The molecule has 156 valence electrons. The van der Waals surface area contributed by atoms with Gasteiger partial charge in [-0.3, -0.25) is 9.78 Å². The van der Waals surface area contributed by atoms with E-state index >= 15 is 0 Å². The average Bonchev–Trinajstić information content (AvgIpc) is 3.28. The van der Waals surface area contributed by atoms with Gasteiger partial charge in [0, 0.05) is 48.4 Å². The molecular weight excluding hydrogens is 400 g/mol. The minimum Gasteiger partial charge on any atom is -0.466 e. The molecule has 1 aliphatic rings. The summed E-state index contributed by atoms with van der Waals surface area (Å²) < 4.78 is 7.58. The maximum Gasteiger partial charge on any atom is 0.305 e. The number of hydrogen-bond donors (Lipinski definition) is 0. The number of pyridine rings is 2. The molecule has 1 saturated heterocycles. The average molecular weight is 432 g/mol. The Morgan fingerprint density at radius 1 is 1.03 bits per heavy atom. The van der Waals surface area contributed by atoms with Crippen molar-refractivity contribution >= 4 is 27.6 Å². The Morgan fingerprint density at radius 2 is 1.83 bits per heavy atom. The van der Waals surface area contributed by atoms with Gasteiger partial charge in [0.1, 0.15) is 6.54 Å². The van der Waals surface area contributed by atoms with E-state index in [9.17, 15) is 4.79 Å². The molecule has 0 radical (unpaired) electrons. The van der Waals surface area contributed by atoms with Crippen LogP contribution in [-0.4, -0.2) is 28.6 Å². The predicted molar refractivity (Wildman–Crippen MR) is 122 cm³/mol. The summed E-state index contributed by atoms with van der Waals surface area (Å²) in [7, 11) is 4.00. The summed E-state index contributed by atoms with van der Waals surface area (Å²) in [6, 6.07) is 8.33. The Kier molecular flexibility index (Phi) is 9.87. The Bertz CT molecular complexity index is 719. The van der Waals surface area contributed by atoms with E-state index in [4.69, 9.17) is 4.74 Å². The predicted octanol–water partition coefficient (Wildman–Crippen LogP) is 5.46. The topological polar surface area (TPSA) is 43.1 Å². The molecule has 3 rings (SSSR count). The number of aromatic nitrogens is 2. The fourth-order valence-corrected chi connectivity index (χ4v) is 6.41. The molecule has 0 spiro atoms. The van der Waals surface area contributed by atoms with Gasteiger partial charge in [0.05, 0.1) is 6.61 Å². The quantitative estimate of drug-likeness (QED) is 0.193. The lowest BCUT2D eigenvalue weighted by atomic mass is 10.1. The van der Waals surface area contributed by atoms with E-state index in [1.807, 2.05) is 46.1 Å². The minimum absolute atomic E-state index is 0.0282. The molecule has 2 aromatic rings. The second-order valence-corrected chi connectivity index (χ2v) is 10.2. The van der Waals surface area contributed by atoms with Crippen LogP contribution in [0.5, 0.6) is 0 Å². The summed E-state index contributed by atoms with van der Waals surface area (Å²) in [6.45, 7) is 1.54. The van der Waals surface area contributed by atoms with Gasteiger partial charge in [-0.2, -0.15) is 0 Å². The lowest BCUT2D eigenvalue weighted by Gasteiger charge is -2.07. The number of hydrogen-bond acceptors (Lipinski definition) is 5. The molecule has 2 aromatic heterocycles. The SMILES string of the molecule is O=C(CCCCC1CCSS1)OCCCCC[n+]1ccc(-c2ccncc2)cc1. The van der Waals surface area contributed by atoms with Gasteiger partial charge in [-0.15, -0.1) is 0 Å². The first-order valence-electron chi connectivity index (χ1n) is 10.6. The molecule has 1 atom stereocenters. The van der Waals surface area contributed by atoms with Gasteiger partial charge < -0.3 is 4.74 Å². The zero-order valence-electron chi connectivity index (χ0n) is 17.0. The molecule has 29 heavy (non-hydrogen) atoms. The molecule has 6 heteroatoms. The molecule has 0 saturated carbocycles.